The number of aromatic nitrogens is 4. The smallest absolute Gasteiger partial charge is 0.509 e. The van der Waals surface area contributed by atoms with Crippen molar-refractivity contribution in [2.24, 2.45) is 5.92 Å². The first-order valence-corrected chi connectivity index (χ1v) is 20.9. The maximum absolute atomic E-state index is 13.9. The molecule has 0 amide bonds. The summed E-state index contributed by atoms with van der Waals surface area (Å²) in [5, 5.41) is 7.12. The molecule has 3 aromatic heterocycles. The predicted octanol–water partition coefficient (Wildman–Crippen LogP) is 14.7. The number of pyridine rings is 1. The molecule has 5 nitrogen and oxygen atoms in total. The molecule has 7 rings (SSSR count). The van der Waals surface area contributed by atoms with Crippen LogP contribution in [0.25, 0.3) is 44.4 Å². The van der Waals surface area contributed by atoms with E-state index in [1.165, 1.54) is 28.5 Å². The minimum absolute atomic E-state index is 0. The van der Waals surface area contributed by atoms with Gasteiger partial charge in [0.25, 0.3) is 0 Å². The standard InChI is InChI=1S/C52H57F3N4O.Pd/c1-31(2)22-45-47(33-23-35(49(5,6)7)25-36(24-33)50(8,9)10)48(32(3)4)57-59(45)38-26-37(51(11,12)13)27-40(29-38)60-39-18-19-42-41-16-14-15-17-43(41)58(44(42)30-39)46-28-34(20-21-56-46)52(53,54)55;/h14-21,23-28,31-32H,22H2,1-13H3;/q-2;+2. The number of ether oxygens (including phenoxy) is 1. The summed E-state index contributed by atoms with van der Waals surface area (Å²) >= 11 is 0. The van der Waals surface area contributed by atoms with Crippen molar-refractivity contribution < 1.29 is 38.3 Å². The van der Waals surface area contributed by atoms with Crippen LogP contribution in [0.5, 0.6) is 11.5 Å². The molecule has 0 unspecified atom stereocenters. The molecule has 322 valence electrons. The first kappa shape index (κ1) is 45.8. The van der Waals surface area contributed by atoms with Crippen LogP contribution in [0.15, 0.2) is 85.1 Å². The molecular formula is C52H57F3N4OPd. The van der Waals surface area contributed by atoms with Crippen molar-refractivity contribution in [3.05, 3.63) is 131 Å². The summed E-state index contributed by atoms with van der Waals surface area (Å²) in [6, 6.07) is 31.7. The van der Waals surface area contributed by atoms with E-state index in [2.05, 4.69) is 136 Å². The van der Waals surface area contributed by atoms with E-state index in [0.29, 0.717) is 28.5 Å². The number of halogens is 3. The maximum atomic E-state index is 13.9. The minimum Gasteiger partial charge on any atom is -0.509 e. The van der Waals surface area contributed by atoms with Gasteiger partial charge in [-0.1, -0.05) is 132 Å². The maximum Gasteiger partial charge on any atom is 2.00 e. The van der Waals surface area contributed by atoms with Gasteiger partial charge >= 0.3 is 26.6 Å². The van der Waals surface area contributed by atoms with Crippen LogP contribution in [0.1, 0.15) is 130 Å². The molecule has 0 bridgehead atoms. The van der Waals surface area contributed by atoms with Gasteiger partial charge in [-0.2, -0.15) is 24.3 Å². The molecule has 61 heavy (non-hydrogen) atoms. The van der Waals surface area contributed by atoms with Crippen molar-refractivity contribution >= 4 is 21.8 Å². The van der Waals surface area contributed by atoms with Gasteiger partial charge in [-0.15, -0.1) is 41.3 Å². The summed E-state index contributed by atoms with van der Waals surface area (Å²) in [6.07, 6.45) is -2.54. The SMILES string of the molecule is CC(C)Cc1c(-c2cc(C(C)(C)C)cc(C(C)(C)C)c2)c(C(C)C)nn1-c1[c-]c(Oc2[c-]c3c(cc2)c2ccccc2n3-c2cc(C(F)(F)F)ccn2)cc(C(C)(C)C)c1.[Pd+2]. The number of rotatable bonds is 8. The van der Waals surface area contributed by atoms with E-state index < -0.39 is 11.7 Å². The first-order valence-electron chi connectivity index (χ1n) is 20.9. The number of benzene rings is 4. The predicted molar refractivity (Wildman–Crippen MR) is 239 cm³/mol. The van der Waals surface area contributed by atoms with Crippen LogP contribution >= 0.6 is 0 Å². The Morgan fingerprint density at radius 2 is 1.30 bits per heavy atom. The van der Waals surface area contributed by atoms with Crippen LogP contribution in [-0.4, -0.2) is 19.3 Å². The van der Waals surface area contributed by atoms with E-state index in [1.807, 2.05) is 42.5 Å². The van der Waals surface area contributed by atoms with E-state index in [-0.39, 0.29) is 48.4 Å². The fourth-order valence-electron chi connectivity index (χ4n) is 7.74. The summed E-state index contributed by atoms with van der Waals surface area (Å²) < 4.78 is 52.2. The van der Waals surface area contributed by atoms with Crippen molar-refractivity contribution in [2.75, 3.05) is 0 Å². The summed E-state index contributed by atoms with van der Waals surface area (Å²) in [4.78, 5) is 4.38. The molecule has 9 heteroatoms. The van der Waals surface area contributed by atoms with Gasteiger partial charge in [0.1, 0.15) is 5.82 Å². The molecule has 0 aliphatic rings. The number of fused-ring (bicyclic) bond motifs is 3. The van der Waals surface area contributed by atoms with Crippen molar-refractivity contribution in [2.45, 2.75) is 125 Å². The minimum atomic E-state index is -4.52. The number of alkyl halides is 3. The molecule has 0 spiro atoms. The Morgan fingerprint density at radius 3 is 1.89 bits per heavy atom. The van der Waals surface area contributed by atoms with E-state index >= 15 is 0 Å². The molecular weight excluding hydrogens is 860 g/mol. The van der Waals surface area contributed by atoms with Gasteiger partial charge in [0.15, 0.2) is 0 Å². The largest absolute Gasteiger partial charge is 2.00 e. The second kappa shape index (κ2) is 16.5. The molecule has 0 saturated carbocycles. The van der Waals surface area contributed by atoms with Gasteiger partial charge in [0.05, 0.1) is 17.0 Å². The third-order valence-corrected chi connectivity index (χ3v) is 11.1. The average molecular weight is 917 g/mol. The second-order valence-electron chi connectivity index (χ2n) is 20.0. The summed E-state index contributed by atoms with van der Waals surface area (Å²) in [6.45, 7) is 29.0. The third kappa shape index (κ3) is 9.39. The van der Waals surface area contributed by atoms with E-state index in [0.717, 1.165) is 52.0 Å². The zero-order chi connectivity index (χ0) is 43.7. The Bertz CT molecular complexity index is 2690. The third-order valence-electron chi connectivity index (χ3n) is 11.1. The fourth-order valence-corrected chi connectivity index (χ4v) is 7.74. The second-order valence-corrected chi connectivity index (χ2v) is 20.0. The Balaban J connectivity index is 0.00000622. The van der Waals surface area contributed by atoms with Crippen molar-refractivity contribution in [3.8, 4) is 34.1 Å². The van der Waals surface area contributed by atoms with Crippen LogP contribution in [0.4, 0.5) is 13.2 Å². The van der Waals surface area contributed by atoms with Crippen LogP contribution in [0.2, 0.25) is 0 Å². The molecule has 0 aliphatic heterocycles. The van der Waals surface area contributed by atoms with Gasteiger partial charge in [0.2, 0.25) is 0 Å². The molecule has 0 atom stereocenters. The number of hydrogen-bond acceptors (Lipinski definition) is 3. The Kier molecular flexibility index (Phi) is 12.4. The average Bonchev–Trinajstić information content (AvgIpc) is 3.69. The summed E-state index contributed by atoms with van der Waals surface area (Å²) in [7, 11) is 0. The van der Waals surface area contributed by atoms with Crippen molar-refractivity contribution in [1.82, 2.24) is 19.3 Å². The zero-order valence-electron chi connectivity index (χ0n) is 37.6. The molecule has 3 heterocycles. The van der Waals surface area contributed by atoms with Gasteiger partial charge in [-0.3, -0.25) is 4.68 Å². The molecule has 0 N–H and O–H groups in total. The van der Waals surface area contributed by atoms with E-state index in [1.54, 1.807) is 4.57 Å². The molecule has 0 fully saturated rings. The van der Waals surface area contributed by atoms with Crippen LogP contribution in [0.3, 0.4) is 0 Å². The Labute approximate surface area is 373 Å². The number of nitrogens with zero attached hydrogens (tertiary/aromatic N) is 4. The van der Waals surface area contributed by atoms with Crippen LogP contribution in [0, 0.1) is 18.1 Å². The van der Waals surface area contributed by atoms with E-state index in [4.69, 9.17) is 9.84 Å². The monoisotopic (exact) mass is 916 g/mol. The molecule has 0 saturated heterocycles. The van der Waals surface area contributed by atoms with E-state index in [9.17, 15) is 13.2 Å². The molecule has 0 aliphatic carbocycles. The number of hydrogen-bond donors (Lipinski definition) is 0. The van der Waals surface area contributed by atoms with Gasteiger partial charge in [0, 0.05) is 28.8 Å². The Morgan fingerprint density at radius 1 is 0.672 bits per heavy atom. The first-order chi connectivity index (χ1) is 27.9. The van der Waals surface area contributed by atoms with Crippen molar-refractivity contribution in [3.63, 3.8) is 0 Å². The summed E-state index contributed by atoms with van der Waals surface area (Å²) in [5.74, 6) is 1.50. The van der Waals surface area contributed by atoms with Gasteiger partial charge in [-0.25, -0.2) is 4.98 Å². The topological polar surface area (TPSA) is 44.9 Å². The fraction of sp³-hybridized carbons (Fsp3) is 0.385. The molecule has 7 aromatic rings. The quantitative estimate of drug-likeness (QED) is 0.113. The van der Waals surface area contributed by atoms with Gasteiger partial charge < -0.3 is 9.30 Å². The van der Waals surface area contributed by atoms with Crippen LogP contribution in [-0.2, 0) is 49.3 Å². The zero-order valence-corrected chi connectivity index (χ0v) is 39.1. The normalized spacial score (nSPS) is 12.8. The van der Waals surface area contributed by atoms with Crippen LogP contribution < -0.4 is 4.74 Å². The molecule has 0 radical (unpaired) electrons. The van der Waals surface area contributed by atoms with Gasteiger partial charge in [-0.05, 0) is 80.5 Å². The van der Waals surface area contributed by atoms with Crippen molar-refractivity contribution in [1.29, 1.82) is 0 Å². The number of para-hydroxylation sites is 1. The molecule has 4 aromatic carbocycles. The summed E-state index contributed by atoms with van der Waals surface area (Å²) in [5.41, 5.74) is 9.02. The Hall–Kier alpha value is -4.71.